The van der Waals surface area contributed by atoms with Crippen LogP contribution in [0, 0.1) is 0 Å². The summed E-state index contributed by atoms with van der Waals surface area (Å²) in [4.78, 5) is 17.4. The zero-order chi connectivity index (χ0) is 18.1. The number of fused-ring (bicyclic) bond motifs is 1. The third-order valence-corrected chi connectivity index (χ3v) is 6.15. The van der Waals surface area contributed by atoms with Crippen LogP contribution in [0.4, 0.5) is 0 Å². The quantitative estimate of drug-likeness (QED) is 0.816. The fourth-order valence-corrected chi connectivity index (χ4v) is 4.61. The first-order valence-electron chi connectivity index (χ1n) is 9.45. The second-order valence-corrected chi connectivity index (χ2v) is 7.98. The predicted molar refractivity (Wildman–Crippen MR) is 106 cm³/mol. The summed E-state index contributed by atoms with van der Waals surface area (Å²) in [6.07, 6.45) is 4.48. The van der Waals surface area contributed by atoms with Crippen molar-refractivity contribution in [1.82, 2.24) is 9.80 Å². The number of benzene rings is 2. The van der Waals surface area contributed by atoms with Crippen LogP contribution in [0.2, 0.25) is 5.02 Å². The number of carbonyl (C=O) groups is 1. The van der Waals surface area contributed by atoms with E-state index in [2.05, 4.69) is 29.2 Å². The molecule has 1 saturated heterocycles. The minimum absolute atomic E-state index is 0.0639. The van der Waals surface area contributed by atoms with E-state index in [0.29, 0.717) is 16.6 Å². The number of likely N-dealkylation sites (N-methyl/N-ethyl adjacent to an activating group) is 1. The Morgan fingerprint density at radius 1 is 1.12 bits per heavy atom. The van der Waals surface area contributed by atoms with Crippen LogP contribution in [0.25, 0.3) is 0 Å². The molecule has 26 heavy (non-hydrogen) atoms. The summed E-state index contributed by atoms with van der Waals surface area (Å²) in [6.45, 7) is 2.09. The molecule has 0 N–H and O–H groups in total. The van der Waals surface area contributed by atoms with Crippen LogP contribution < -0.4 is 0 Å². The first kappa shape index (κ1) is 17.6. The molecule has 1 aliphatic carbocycles. The summed E-state index contributed by atoms with van der Waals surface area (Å²) in [7, 11) is 1.93. The molecule has 3 nitrogen and oxygen atoms in total. The van der Waals surface area contributed by atoms with Crippen molar-refractivity contribution in [3.05, 3.63) is 70.2 Å². The molecule has 2 aromatic rings. The average molecular weight is 369 g/mol. The van der Waals surface area contributed by atoms with Gasteiger partial charge in [0.1, 0.15) is 0 Å². The number of halogens is 1. The first-order chi connectivity index (χ1) is 12.6. The van der Waals surface area contributed by atoms with E-state index in [1.807, 2.05) is 24.1 Å². The van der Waals surface area contributed by atoms with Crippen LogP contribution in [-0.4, -0.2) is 47.9 Å². The smallest absolute Gasteiger partial charge is 0.253 e. The summed E-state index contributed by atoms with van der Waals surface area (Å²) in [5, 5.41) is 0.609. The van der Waals surface area contributed by atoms with Crippen molar-refractivity contribution in [2.24, 2.45) is 0 Å². The van der Waals surface area contributed by atoms with Gasteiger partial charge in [0.05, 0.1) is 0 Å². The molecular weight excluding hydrogens is 344 g/mol. The fourth-order valence-electron chi connectivity index (χ4n) is 4.42. The van der Waals surface area contributed by atoms with Crippen molar-refractivity contribution < 1.29 is 4.79 Å². The Hall–Kier alpha value is -1.84. The number of hydrogen-bond donors (Lipinski definition) is 0. The molecular formula is C22H25ClN2O. The lowest BCUT2D eigenvalue weighted by atomic mass is 10.0. The molecule has 4 rings (SSSR count). The van der Waals surface area contributed by atoms with Gasteiger partial charge in [-0.1, -0.05) is 41.9 Å². The van der Waals surface area contributed by atoms with Gasteiger partial charge < -0.3 is 4.90 Å². The largest absolute Gasteiger partial charge is 0.337 e. The third kappa shape index (κ3) is 3.51. The van der Waals surface area contributed by atoms with E-state index in [4.69, 9.17) is 11.6 Å². The Balaban J connectivity index is 1.43. The van der Waals surface area contributed by atoms with Gasteiger partial charge in [0.25, 0.3) is 5.91 Å². The zero-order valence-corrected chi connectivity index (χ0v) is 16.0. The summed E-state index contributed by atoms with van der Waals surface area (Å²) in [5.41, 5.74) is 3.65. The molecule has 2 aromatic carbocycles. The minimum atomic E-state index is 0.0639. The van der Waals surface area contributed by atoms with Crippen LogP contribution in [0.15, 0.2) is 48.5 Å². The van der Waals surface area contributed by atoms with Crippen molar-refractivity contribution in [3.8, 4) is 0 Å². The topological polar surface area (TPSA) is 23.6 Å². The van der Waals surface area contributed by atoms with Gasteiger partial charge in [-0.05, 0) is 61.6 Å². The molecule has 0 radical (unpaired) electrons. The molecule has 0 spiro atoms. The maximum Gasteiger partial charge on any atom is 0.253 e. The number of carbonyl (C=O) groups excluding carboxylic acids is 1. The van der Waals surface area contributed by atoms with Gasteiger partial charge in [-0.3, -0.25) is 9.69 Å². The molecule has 1 atom stereocenters. The summed E-state index contributed by atoms with van der Waals surface area (Å²) in [6, 6.07) is 16.9. The summed E-state index contributed by atoms with van der Waals surface area (Å²) in [5.74, 6) is 0.0639. The highest BCUT2D eigenvalue weighted by molar-refractivity contribution is 6.30. The van der Waals surface area contributed by atoms with Gasteiger partial charge in [0, 0.05) is 36.3 Å². The SMILES string of the molecule is CN(C(=O)c1cccc(Cl)c1)C1CCCN(C2Cc3ccccc3C2)C1. The summed E-state index contributed by atoms with van der Waals surface area (Å²) >= 11 is 6.05. The lowest BCUT2D eigenvalue weighted by Gasteiger charge is -2.40. The molecule has 4 heteroatoms. The third-order valence-electron chi connectivity index (χ3n) is 5.91. The van der Waals surface area contributed by atoms with Crippen molar-refractivity contribution in [2.75, 3.05) is 20.1 Å². The molecule has 136 valence electrons. The number of piperidine rings is 1. The molecule has 1 amide bonds. The number of hydrogen-bond acceptors (Lipinski definition) is 2. The van der Waals surface area contributed by atoms with E-state index in [1.165, 1.54) is 11.1 Å². The average Bonchev–Trinajstić information content (AvgIpc) is 3.11. The van der Waals surface area contributed by atoms with E-state index in [-0.39, 0.29) is 11.9 Å². The lowest BCUT2D eigenvalue weighted by Crippen LogP contribution is -2.51. The number of rotatable bonds is 3. The summed E-state index contributed by atoms with van der Waals surface area (Å²) < 4.78 is 0. The lowest BCUT2D eigenvalue weighted by molar-refractivity contribution is 0.0555. The van der Waals surface area contributed by atoms with Crippen molar-refractivity contribution in [3.63, 3.8) is 0 Å². The van der Waals surface area contributed by atoms with E-state index in [9.17, 15) is 4.79 Å². The van der Waals surface area contributed by atoms with Crippen LogP contribution in [0.3, 0.4) is 0 Å². The highest BCUT2D eigenvalue weighted by atomic mass is 35.5. The van der Waals surface area contributed by atoms with E-state index in [1.54, 1.807) is 12.1 Å². The Labute approximate surface area is 160 Å². The zero-order valence-electron chi connectivity index (χ0n) is 15.2. The highest BCUT2D eigenvalue weighted by Crippen LogP contribution is 2.28. The second-order valence-electron chi connectivity index (χ2n) is 7.55. The molecule has 1 aliphatic heterocycles. The van der Waals surface area contributed by atoms with Crippen LogP contribution >= 0.6 is 11.6 Å². The predicted octanol–water partition coefficient (Wildman–Crippen LogP) is 4.04. The van der Waals surface area contributed by atoms with Gasteiger partial charge in [-0.2, -0.15) is 0 Å². The Morgan fingerprint density at radius 2 is 1.85 bits per heavy atom. The molecule has 1 fully saturated rings. The monoisotopic (exact) mass is 368 g/mol. The first-order valence-corrected chi connectivity index (χ1v) is 9.83. The maximum atomic E-state index is 12.9. The fraction of sp³-hybridized carbons (Fsp3) is 0.409. The van der Waals surface area contributed by atoms with E-state index >= 15 is 0 Å². The van der Waals surface area contributed by atoms with Crippen LogP contribution in [0.5, 0.6) is 0 Å². The van der Waals surface area contributed by atoms with E-state index in [0.717, 1.165) is 38.8 Å². The van der Waals surface area contributed by atoms with Gasteiger partial charge in [0.2, 0.25) is 0 Å². The van der Waals surface area contributed by atoms with Crippen molar-refractivity contribution in [2.45, 2.75) is 37.8 Å². The van der Waals surface area contributed by atoms with Gasteiger partial charge in [0.15, 0.2) is 0 Å². The van der Waals surface area contributed by atoms with Crippen LogP contribution in [-0.2, 0) is 12.8 Å². The van der Waals surface area contributed by atoms with Gasteiger partial charge in [-0.25, -0.2) is 0 Å². The molecule has 2 aliphatic rings. The molecule has 0 aromatic heterocycles. The van der Waals surface area contributed by atoms with Gasteiger partial charge in [-0.15, -0.1) is 0 Å². The standard InChI is InChI=1S/C22H25ClN2O/c1-24(22(26)18-8-4-9-19(23)12-18)20-10-5-11-25(15-20)21-13-16-6-2-3-7-17(16)14-21/h2-4,6-9,12,20-21H,5,10-11,13-15H2,1H3. The molecule has 1 unspecified atom stereocenters. The van der Waals surface area contributed by atoms with Crippen molar-refractivity contribution >= 4 is 17.5 Å². The highest BCUT2D eigenvalue weighted by Gasteiger charge is 2.32. The van der Waals surface area contributed by atoms with Crippen molar-refractivity contribution in [1.29, 1.82) is 0 Å². The number of amides is 1. The minimum Gasteiger partial charge on any atom is -0.337 e. The maximum absolute atomic E-state index is 12.9. The van der Waals surface area contributed by atoms with Crippen LogP contribution in [0.1, 0.15) is 34.3 Å². The Morgan fingerprint density at radius 3 is 2.54 bits per heavy atom. The number of nitrogens with zero attached hydrogens (tertiary/aromatic N) is 2. The number of likely N-dealkylation sites (tertiary alicyclic amines) is 1. The normalized spacial score (nSPS) is 20.8. The molecule has 0 saturated carbocycles. The Kier molecular flexibility index (Phi) is 5.01. The molecule has 0 bridgehead atoms. The molecule has 1 heterocycles. The van der Waals surface area contributed by atoms with E-state index < -0.39 is 0 Å². The second kappa shape index (κ2) is 7.42. The Bertz CT molecular complexity index is 781. The van der Waals surface area contributed by atoms with Gasteiger partial charge >= 0.3 is 0 Å².